The number of aryl methyl sites for hydroxylation is 1. The largest absolute Gasteiger partial charge is 0.492 e. The average Bonchev–Trinajstić information content (AvgIpc) is 2.76. The Balaban J connectivity index is 1.83. The normalized spacial score (nSPS) is 10.5. The summed E-state index contributed by atoms with van der Waals surface area (Å²) in [5.74, 6) is 0.712. The molecule has 0 aliphatic rings. The van der Waals surface area contributed by atoms with Crippen molar-refractivity contribution in [2.75, 3.05) is 6.61 Å². The van der Waals surface area contributed by atoms with Crippen LogP contribution in [0.15, 0.2) is 30.6 Å². The van der Waals surface area contributed by atoms with Gasteiger partial charge in [0.05, 0.1) is 25.1 Å². The maximum Gasteiger partial charge on any atom is 0.137 e. The lowest BCUT2D eigenvalue weighted by Crippen LogP contribution is -2.06. The summed E-state index contributed by atoms with van der Waals surface area (Å²) < 4.78 is 7.38. The number of nitrogens with zero attached hydrogens (tertiary/aromatic N) is 3. The summed E-state index contributed by atoms with van der Waals surface area (Å²) in [5, 5.41) is 12.9. The predicted molar refractivity (Wildman–Crippen MR) is 62.6 cm³/mol. The molecule has 17 heavy (non-hydrogen) atoms. The molecule has 5 heteroatoms. The second-order valence-electron chi connectivity index (χ2n) is 3.69. The summed E-state index contributed by atoms with van der Waals surface area (Å²) in [6, 6.07) is 5.53. The molecule has 0 amide bonds. The molecule has 2 heterocycles. The van der Waals surface area contributed by atoms with E-state index in [2.05, 4.69) is 10.1 Å². The number of aliphatic hydroxyl groups excluding tert-OH is 1. The highest BCUT2D eigenvalue weighted by atomic mass is 16.5. The SMILES string of the molecule is Cn1nccc1CCOc1ccc(CO)nc1. The van der Waals surface area contributed by atoms with Crippen molar-refractivity contribution in [3.05, 3.63) is 42.0 Å². The topological polar surface area (TPSA) is 60.2 Å². The molecule has 0 radical (unpaired) electrons. The third-order valence-corrected chi connectivity index (χ3v) is 2.51. The van der Waals surface area contributed by atoms with Crippen molar-refractivity contribution in [2.24, 2.45) is 7.05 Å². The third-order valence-electron chi connectivity index (χ3n) is 2.51. The van der Waals surface area contributed by atoms with Crippen molar-refractivity contribution in [2.45, 2.75) is 13.0 Å². The van der Waals surface area contributed by atoms with Gasteiger partial charge in [-0.2, -0.15) is 5.10 Å². The van der Waals surface area contributed by atoms with Crippen molar-refractivity contribution >= 4 is 0 Å². The molecule has 90 valence electrons. The summed E-state index contributed by atoms with van der Waals surface area (Å²) in [7, 11) is 1.91. The van der Waals surface area contributed by atoms with Crippen LogP contribution < -0.4 is 4.74 Å². The molecule has 2 aromatic rings. The molecule has 5 nitrogen and oxygen atoms in total. The van der Waals surface area contributed by atoms with Crippen LogP contribution in [-0.2, 0) is 20.1 Å². The molecular formula is C12H15N3O2. The molecule has 0 unspecified atom stereocenters. The molecule has 0 aromatic carbocycles. The minimum absolute atomic E-state index is 0.0463. The van der Waals surface area contributed by atoms with Gasteiger partial charge in [-0.05, 0) is 18.2 Å². The molecule has 2 aromatic heterocycles. The van der Waals surface area contributed by atoms with Gasteiger partial charge in [-0.25, -0.2) is 0 Å². The van der Waals surface area contributed by atoms with E-state index in [0.29, 0.717) is 18.1 Å². The number of rotatable bonds is 5. The second-order valence-corrected chi connectivity index (χ2v) is 3.69. The number of hydrogen-bond acceptors (Lipinski definition) is 4. The van der Waals surface area contributed by atoms with Gasteiger partial charge in [-0.15, -0.1) is 0 Å². The highest BCUT2D eigenvalue weighted by Gasteiger charge is 2.00. The predicted octanol–water partition coefficient (Wildman–Crippen LogP) is 0.929. The lowest BCUT2D eigenvalue weighted by molar-refractivity contribution is 0.275. The first-order valence-electron chi connectivity index (χ1n) is 5.45. The lowest BCUT2D eigenvalue weighted by Gasteiger charge is -2.06. The third kappa shape index (κ3) is 3.04. The molecule has 0 aliphatic carbocycles. The fraction of sp³-hybridized carbons (Fsp3) is 0.333. The minimum Gasteiger partial charge on any atom is -0.492 e. The molecule has 0 saturated heterocycles. The van der Waals surface area contributed by atoms with Crippen molar-refractivity contribution in [3.8, 4) is 5.75 Å². The van der Waals surface area contributed by atoms with Crippen LogP contribution >= 0.6 is 0 Å². The van der Waals surface area contributed by atoms with Gasteiger partial charge in [0.15, 0.2) is 0 Å². The average molecular weight is 233 g/mol. The van der Waals surface area contributed by atoms with E-state index < -0.39 is 0 Å². The molecule has 0 atom stereocenters. The number of pyridine rings is 1. The minimum atomic E-state index is -0.0463. The Kier molecular flexibility index (Phi) is 3.72. The molecule has 1 N–H and O–H groups in total. The Morgan fingerprint density at radius 3 is 2.82 bits per heavy atom. The van der Waals surface area contributed by atoms with Gasteiger partial charge in [0.25, 0.3) is 0 Å². The zero-order valence-corrected chi connectivity index (χ0v) is 9.71. The van der Waals surface area contributed by atoms with Crippen LogP contribution in [0.1, 0.15) is 11.4 Å². The first kappa shape index (κ1) is 11.6. The zero-order chi connectivity index (χ0) is 12.1. The Morgan fingerprint density at radius 1 is 1.35 bits per heavy atom. The fourth-order valence-corrected chi connectivity index (χ4v) is 1.51. The summed E-state index contributed by atoms with van der Waals surface area (Å²) in [5.41, 5.74) is 1.77. The summed E-state index contributed by atoms with van der Waals surface area (Å²) in [4.78, 5) is 4.04. The van der Waals surface area contributed by atoms with Gasteiger partial charge in [-0.1, -0.05) is 0 Å². The van der Waals surface area contributed by atoms with E-state index in [1.807, 2.05) is 23.9 Å². The van der Waals surface area contributed by atoms with Crippen LogP contribution in [0.3, 0.4) is 0 Å². The van der Waals surface area contributed by atoms with Crippen molar-refractivity contribution in [3.63, 3.8) is 0 Å². The maximum atomic E-state index is 8.85. The van der Waals surface area contributed by atoms with Crippen LogP contribution in [0.4, 0.5) is 0 Å². The summed E-state index contributed by atoms with van der Waals surface area (Å²) in [6.45, 7) is 0.537. The van der Waals surface area contributed by atoms with Crippen molar-refractivity contribution < 1.29 is 9.84 Å². The van der Waals surface area contributed by atoms with Gasteiger partial charge in [0.2, 0.25) is 0 Å². The standard InChI is InChI=1S/C12H15N3O2/c1-15-11(4-6-14-15)5-7-17-12-3-2-10(9-16)13-8-12/h2-4,6,8,16H,5,7,9H2,1H3. The van der Waals surface area contributed by atoms with Crippen LogP contribution in [-0.4, -0.2) is 26.5 Å². The quantitative estimate of drug-likeness (QED) is 0.834. The summed E-state index contributed by atoms with van der Waals surface area (Å²) >= 11 is 0. The molecular weight excluding hydrogens is 218 g/mol. The number of hydrogen-bond donors (Lipinski definition) is 1. The molecule has 0 fully saturated rings. The van der Waals surface area contributed by atoms with Crippen LogP contribution in [0.5, 0.6) is 5.75 Å². The molecule has 0 bridgehead atoms. The monoisotopic (exact) mass is 233 g/mol. The fourth-order valence-electron chi connectivity index (χ4n) is 1.51. The molecule has 0 saturated carbocycles. The highest BCUT2D eigenvalue weighted by Crippen LogP contribution is 2.09. The Morgan fingerprint density at radius 2 is 2.24 bits per heavy atom. The van der Waals surface area contributed by atoms with Crippen molar-refractivity contribution in [1.29, 1.82) is 0 Å². The van der Waals surface area contributed by atoms with Crippen LogP contribution in [0, 0.1) is 0 Å². The molecule has 0 spiro atoms. The lowest BCUT2D eigenvalue weighted by atomic mass is 10.3. The summed E-state index contributed by atoms with van der Waals surface area (Å²) in [6.07, 6.45) is 4.19. The van der Waals surface area contributed by atoms with E-state index in [-0.39, 0.29) is 6.61 Å². The highest BCUT2D eigenvalue weighted by molar-refractivity contribution is 5.19. The van der Waals surface area contributed by atoms with E-state index in [4.69, 9.17) is 9.84 Å². The zero-order valence-electron chi connectivity index (χ0n) is 9.71. The van der Waals surface area contributed by atoms with Gasteiger partial charge < -0.3 is 9.84 Å². The maximum absolute atomic E-state index is 8.85. The van der Waals surface area contributed by atoms with Gasteiger partial charge >= 0.3 is 0 Å². The number of aromatic nitrogens is 3. The van der Waals surface area contributed by atoms with Gasteiger partial charge in [0.1, 0.15) is 5.75 Å². The van der Waals surface area contributed by atoms with E-state index >= 15 is 0 Å². The molecule has 2 rings (SSSR count). The van der Waals surface area contributed by atoms with E-state index in [1.165, 1.54) is 0 Å². The van der Waals surface area contributed by atoms with E-state index in [0.717, 1.165) is 12.1 Å². The van der Waals surface area contributed by atoms with E-state index in [9.17, 15) is 0 Å². The Hall–Kier alpha value is -1.88. The van der Waals surface area contributed by atoms with Crippen molar-refractivity contribution in [1.82, 2.24) is 14.8 Å². The Bertz CT molecular complexity index is 465. The van der Waals surface area contributed by atoms with Gasteiger partial charge in [0, 0.05) is 25.4 Å². The van der Waals surface area contributed by atoms with Crippen LogP contribution in [0.2, 0.25) is 0 Å². The Labute approximate surface area is 99.7 Å². The van der Waals surface area contributed by atoms with Gasteiger partial charge in [-0.3, -0.25) is 9.67 Å². The number of aliphatic hydroxyl groups is 1. The smallest absolute Gasteiger partial charge is 0.137 e. The van der Waals surface area contributed by atoms with E-state index in [1.54, 1.807) is 18.5 Å². The first-order chi connectivity index (χ1) is 8.29. The van der Waals surface area contributed by atoms with Crippen LogP contribution in [0.25, 0.3) is 0 Å². The number of ether oxygens (including phenoxy) is 1. The first-order valence-corrected chi connectivity index (χ1v) is 5.45. The second kappa shape index (κ2) is 5.45. The molecule has 0 aliphatic heterocycles.